The summed E-state index contributed by atoms with van der Waals surface area (Å²) in [5.74, 6) is -0.150. The number of nitrogens with one attached hydrogen (secondary N) is 1. The highest BCUT2D eigenvalue weighted by Crippen LogP contribution is 2.19. The number of nitrogens with zero attached hydrogens (tertiary/aromatic N) is 1. The van der Waals surface area contributed by atoms with Crippen LogP contribution < -0.4 is 5.32 Å². The first-order valence-corrected chi connectivity index (χ1v) is 5.06. The van der Waals surface area contributed by atoms with E-state index in [0.29, 0.717) is 5.92 Å². The minimum atomic E-state index is -0.476. The van der Waals surface area contributed by atoms with Gasteiger partial charge in [-0.15, -0.1) is 0 Å². The lowest BCUT2D eigenvalue weighted by Gasteiger charge is -2.18. The lowest BCUT2D eigenvalue weighted by molar-refractivity contribution is 0.237. The van der Waals surface area contributed by atoms with Crippen LogP contribution in [-0.4, -0.2) is 55.9 Å². The fourth-order valence-corrected chi connectivity index (χ4v) is 2.02. The normalized spacial score (nSPS) is 27.9. The Hall–Kier alpha value is -0.545. The highest BCUT2D eigenvalue weighted by Gasteiger charge is 2.31. The first kappa shape index (κ1) is 11.5. The fraction of sp³-hybridized carbons (Fsp3) is 0.889. The van der Waals surface area contributed by atoms with E-state index in [0.717, 1.165) is 26.1 Å². The van der Waals surface area contributed by atoms with Gasteiger partial charge < -0.3 is 15.3 Å². The van der Waals surface area contributed by atoms with Gasteiger partial charge in [0.2, 0.25) is 7.85 Å². The molecule has 0 saturated carbocycles. The Bertz CT molecular complexity index is 201. The molecule has 1 rings (SSSR count). The van der Waals surface area contributed by atoms with Crippen molar-refractivity contribution >= 4 is 13.7 Å². The zero-order valence-electron chi connectivity index (χ0n) is 8.57. The molecule has 4 nitrogen and oxygen atoms in total. The first-order valence-electron chi connectivity index (χ1n) is 5.06. The molecule has 1 heterocycles. The predicted molar refractivity (Wildman–Crippen MR) is 55.4 cm³/mol. The van der Waals surface area contributed by atoms with Crippen molar-refractivity contribution in [1.82, 2.24) is 10.2 Å². The highest BCUT2D eigenvalue weighted by molar-refractivity contribution is 6.57. The summed E-state index contributed by atoms with van der Waals surface area (Å²) < 4.78 is 0. The van der Waals surface area contributed by atoms with Crippen molar-refractivity contribution in [1.29, 1.82) is 0 Å². The van der Waals surface area contributed by atoms with Crippen LogP contribution in [0.15, 0.2) is 0 Å². The van der Waals surface area contributed by atoms with Crippen molar-refractivity contribution in [3.8, 4) is 0 Å². The van der Waals surface area contributed by atoms with E-state index in [1.54, 1.807) is 0 Å². The second-order valence-corrected chi connectivity index (χ2v) is 3.74. The average molecular weight is 196 g/mol. The van der Waals surface area contributed by atoms with E-state index in [4.69, 9.17) is 13.0 Å². The van der Waals surface area contributed by atoms with Gasteiger partial charge in [-0.1, -0.05) is 6.92 Å². The molecule has 14 heavy (non-hydrogen) atoms. The van der Waals surface area contributed by atoms with Gasteiger partial charge in [0.25, 0.3) is 0 Å². The third kappa shape index (κ3) is 2.99. The summed E-state index contributed by atoms with van der Waals surface area (Å²) in [6, 6.07) is 0.0969. The Kier molecular flexibility index (Phi) is 4.42. The number of rotatable bonds is 4. The van der Waals surface area contributed by atoms with Gasteiger partial charge >= 0.3 is 0 Å². The molecule has 0 aliphatic carbocycles. The van der Waals surface area contributed by atoms with E-state index in [-0.39, 0.29) is 12.6 Å². The number of likely N-dealkylation sites (N-methyl/N-ethyl adjacent to an activating group) is 1. The molecule has 1 aliphatic rings. The summed E-state index contributed by atoms with van der Waals surface area (Å²) >= 11 is 0. The van der Waals surface area contributed by atoms with Crippen molar-refractivity contribution < 1.29 is 9.90 Å². The van der Waals surface area contributed by atoms with Gasteiger partial charge in [-0.05, 0) is 18.9 Å². The number of aliphatic hydroxyl groups excluding tert-OH is 1. The Morgan fingerprint density at radius 3 is 2.86 bits per heavy atom. The van der Waals surface area contributed by atoms with E-state index in [9.17, 15) is 4.79 Å². The minimum Gasteiger partial charge on any atom is -0.396 e. The molecule has 1 saturated heterocycles. The number of carbonyl (C=O) groups is 1. The summed E-state index contributed by atoms with van der Waals surface area (Å²) in [4.78, 5) is 13.0. The molecule has 2 atom stereocenters. The summed E-state index contributed by atoms with van der Waals surface area (Å²) in [5.41, 5.74) is 0. The van der Waals surface area contributed by atoms with E-state index >= 15 is 0 Å². The van der Waals surface area contributed by atoms with Crippen LogP contribution in [0.25, 0.3) is 0 Å². The summed E-state index contributed by atoms with van der Waals surface area (Å²) in [6.45, 7) is 4.99. The number of aliphatic hydroxyl groups is 1. The van der Waals surface area contributed by atoms with Gasteiger partial charge in [-0.25, -0.2) is 0 Å². The molecule has 2 radical (unpaired) electrons. The maximum atomic E-state index is 10.7. The van der Waals surface area contributed by atoms with Gasteiger partial charge in [0.1, 0.15) is 0 Å². The highest BCUT2D eigenvalue weighted by atomic mass is 16.3. The molecule has 1 amide bonds. The average Bonchev–Trinajstić information content (AvgIpc) is 2.48. The molecule has 0 spiro atoms. The van der Waals surface area contributed by atoms with Crippen molar-refractivity contribution in [2.45, 2.75) is 19.4 Å². The van der Waals surface area contributed by atoms with Crippen LogP contribution in [0.1, 0.15) is 13.3 Å². The number of hydrogen-bond donors (Lipinski definition) is 2. The maximum absolute atomic E-state index is 10.7. The molecular formula is C9H17BN2O2. The number of amides is 1. The predicted octanol–water partition coefficient (Wildman–Crippen LogP) is -0.433. The fourth-order valence-electron chi connectivity index (χ4n) is 2.02. The lowest BCUT2D eigenvalue weighted by atomic mass is 9.98. The number of carbonyl (C=O) groups excluding carboxylic acids is 1. The topological polar surface area (TPSA) is 52.6 Å². The Morgan fingerprint density at radius 2 is 2.36 bits per heavy atom. The molecule has 2 N–H and O–H groups in total. The summed E-state index contributed by atoms with van der Waals surface area (Å²) in [6.07, 6.45) is 0.724. The van der Waals surface area contributed by atoms with E-state index < -0.39 is 5.81 Å². The zero-order valence-corrected chi connectivity index (χ0v) is 8.57. The third-order valence-electron chi connectivity index (χ3n) is 2.79. The van der Waals surface area contributed by atoms with Crippen molar-refractivity contribution in [2.24, 2.45) is 5.92 Å². The Morgan fingerprint density at radius 1 is 1.64 bits per heavy atom. The van der Waals surface area contributed by atoms with Gasteiger partial charge in [0.15, 0.2) is 5.81 Å². The van der Waals surface area contributed by atoms with Crippen LogP contribution in [0, 0.1) is 5.92 Å². The Labute approximate surface area is 86.1 Å². The largest absolute Gasteiger partial charge is 0.396 e. The third-order valence-corrected chi connectivity index (χ3v) is 2.79. The smallest absolute Gasteiger partial charge is 0.200 e. The molecule has 78 valence electrons. The maximum Gasteiger partial charge on any atom is 0.200 e. The van der Waals surface area contributed by atoms with Gasteiger partial charge in [0, 0.05) is 25.7 Å². The molecule has 5 heteroatoms. The molecule has 0 aromatic heterocycles. The van der Waals surface area contributed by atoms with Gasteiger partial charge in [-0.2, -0.15) is 0 Å². The molecule has 0 unspecified atom stereocenters. The second-order valence-electron chi connectivity index (χ2n) is 3.74. The van der Waals surface area contributed by atoms with Crippen LogP contribution in [0.3, 0.4) is 0 Å². The van der Waals surface area contributed by atoms with E-state index in [2.05, 4.69) is 17.1 Å². The second kappa shape index (κ2) is 5.36. The van der Waals surface area contributed by atoms with Crippen molar-refractivity contribution in [2.75, 3.05) is 26.2 Å². The van der Waals surface area contributed by atoms with Crippen molar-refractivity contribution in [3.63, 3.8) is 0 Å². The van der Waals surface area contributed by atoms with Crippen LogP contribution >= 0.6 is 0 Å². The lowest BCUT2D eigenvalue weighted by Crippen LogP contribution is -2.40. The number of likely N-dealkylation sites (tertiary alicyclic amines) is 1. The summed E-state index contributed by atoms with van der Waals surface area (Å²) in [5, 5.41) is 11.6. The monoisotopic (exact) mass is 196 g/mol. The zero-order chi connectivity index (χ0) is 10.6. The molecule has 0 aromatic rings. The Balaban J connectivity index is 2.48. The molecule has 0 bridgehead atoms. The molecule has 1 aliphatic heterocycles. The first-order chi connectivity index (χ1) is 6.67. The van der Waals surface area contributed by atoms with E-state index in [1.807, 2.05) is 0 Å². The van der Waals surface area contributed by atoms with Gasteiger partial charge in [-0.3, -0.25) is 4.79 Å². The molecule has 1 fully saturated rings. The SMILES string of the molecule is [B]C(=O)N[C@H]1CN(CC)C[C@@H]1CCO. The van der Waals surface area contributed by atoms with Crippen LogP contribution in [0.2, 0.25) is 0 Å². The van der Waals surface area contributed by atoms with Crippen molar-refractivity contribution in [3.05, 3.63) is 0 Å². The van der Waals surface area contributed by atoms with Crippen LogP contribution in [-0.2, 0) is 0 Å². The minimum absolute atomic E-state index is 0.0969. The standard InChI is InChI=1S/C9H17BN2O2/c1-2-12-5-7(3-4-13)8(6-12)11-9(10)14/h7-8,13H,2-6H2,1H3,(H,11,14)/t7-,8-/m0/s1. The number of hydrogen-bond acceptors (Lipinski definition) is 3. The molecule has 0 aromatic carbocycles. The van der Waals surface area contributed by atoms with Crippen LogP contribution in [0.5, 0.6) is 0 Å². The quantitative estimate of drug-likeness (QED) is 0.599. The van der Waals surface area contributed by atoms with Gasteiger partial charge in [0.05, 0.1) is 0 Å². The van der Waals surface area contributed by atoms with Crippen LogP contribution in [0.4, 0.5) is 4.79 Å². The summed E-state index contributed by atoms with van der Waals surface area (Å²) in [7, 11) is 5.09. The van der Waals surface area contributed by atoms with E-state index in [1.165, 1.54) is 0 Å². The molecular weight excluding hydrogens is 179 g/mol.